The summed E-state index contributed by atoms with van der Waals surface area (Å²) < 4.78 is 0. The van der Waals surface area contributed by atoms with Gasteiger partial charge in [0.25, 0.3) is 0 Å². The lowest BCUT2D eigenvalue weighted by Crippen LogP contribution is -2.04. The zero-order valence-electron chi connectivity index (χ0n) is 8.93. The van der Waals surface area contributed by atoms with Gasteiger partial charge in [0.15, 0.2) is 0 Å². The molecule has 6 nitrogen and oxygen atoms in total. The Hall–Kier alpha value is -1.69. The molecule has 1 heterocycles. The summed E-state index contributed by atoms with van der Waals surface area (Å²) >= 11 is 0. The number of hydrogen-bond donors (Lipinski definition) is 2. The van der Waals surface area contributed by atoms with Crippen LogP contribution < -0.4 is 5.32 Å². The molecule has 88 valence electrons. The first-order valence-corrected chi connectivity index (χ1v) is 5.19. The quantitative estimate of drug-likeness (QED) is 0.417. The lowest BCUT2D eigenvalue weighted by Gasteiger charge is -2.05. The number of aliphatic hydroxyl groups excluding tert-OH is 1. The Morgan fingerprint density at radius 3 is 2.94 bits per heavy atom. The third kappa shape index (κ3) is 3.82. The normalized spacial score (nSPS) is 10.1. The highest BCUT2D eigenvalue weighted by Gasteiger charge is 2.11. The molecule has 0 amide bonds. The van der Waals surface area contributed by atoms with Gasteiger partial charge >= 0.3 is 5.69 Å². The summed E-state index contributed by atoms with van der Waals surface area (Å²) in [7, 11) is 0. The summed E-state index contributed by atoms with van der Waals surface area (Å²) in [6, 6.07) is 1.59. The predicted molar refractivity (Wildman–Crippen MR) is 60.3 cm³/mol. The van der Waals surface area contributed by atoms with Gasteiger partial charge in [0, 0.05) is 19.3 Å². The van der Waals surface area contributed by atoms with Crippen molar-refractivity contribution < 1.29 is 10.0 Å². The van der Waals surface area contributed by atoms with E-state index >= 15 is 0 Å². The van der Waals surface area contributed by atoms with Gasteiger partial charge in [0.1, 0.15) is 11.9 Å². The average Bonchev–Trinajstić information content (AvgIpc) is 2.29. The number of nitro groups is 1. The Balaban J connectivity index is 2.44. The van der Waals surface area contributed by atoms with Crippen LogP contribution in [0.5, 0.6) is 0 Å². The number of aromatic nitrogens is 1. The molecule has 0 fully saturated rings. The predicted octanol–water partition coefficient (Wildman–Crippen LogP) is 1.56. The minimum Gasteiger partial charge on any atom is -0.396 e. The maximum Gasteiger partial charge on any atom is 0.310 e. The molecule has 0 bridgehead atoms. The van der Waals surface area contributed by atoms with Crippen molar-refractivity contribution in [3.63, 3.8) is 0 Å². The third-order valence-corrected chi connectivity index (χ3v) is 2.15. The standard InChI is InChI=1S/C10H15N3O3/c14-7-3-1-2-5-12-9-4-6-11-8-10(9)13(15)16/h4,6,8,14H,1-3,5,7H2,(H,11,12). The van der Waals surface area contributed by atoms with Crippen LogP contribution in [0.4, 0.5) is 11.4 Å². The van der Waals surface area contributed by atoms with Crippen LogP contribution in [0.2, 0.25) is 0 Å². The van der Waals surface area contributed by atoms with Crippen LogP contribution >= 0.6 is 0 Å². The number of aliphatic hydroxyl groups is 1. The van der Waals surface area contributed by atoms with Crippen LogP contribution in [-0.2, 0) is 0 Å². The Bertz CT molecular complexity index is 344. The van der Waals surface area contributed by atoms with Crippen molar-refractivity contribution in [1.82, 2.24) is 4.98 Å². The summed E-state index contributed by atoms with van der Waals surface area (Å²) in [6.07, 6.45) is 5.29. The van der Waals surface area contributed by atoms with Gasteiger partial charge in [0.2, 0.25) is 0 Å². The zero-order valence-corrected chi connectivity index (χ0v) is 8.93. The molecule has 0 aromatic carbocycles. The van der Waals surface area contributed by atoms with Crippen molar-refractivity contribution in [2.75, 3.05) is 18.5 Å². The molecule has 0 radical (unpaired) electrons. The van der Waals surface area contributed by atoms with E-state index in [1.165, 1.54) is 12.4 Å². The van der Waals surface area contributed by atoms with Gasteiger partial charge in [-0.05, 0) is 25.3 Å². The topological polar surface area (TPSA) is 88.3 Å². The van der Waals surface area contributed by atoms with Crippen LogP contribution in [0.25, 0.3) is 0 Å². The van der Waals surface area contributed by atoms with Gasteiger partial charge in [0.05, 0.1) is 4.92 Å². The molecule has 0 unspecified atom stereocenters. The molecular formula is C10H15N3O3. The molecule has 1 rings (SSSR count). The van der Waals surface area contributed by atoms with E-state index in [1.54, 1.807) is 6.07 Å². The number of unbranched alkanes of at least 4 members (excludes halogenated alkanes) is 2. The molecule has 0 saturated heterocycles. The Kier molecular flexibility index (Phi) is 5.21. The molecular weight excluding hydrogens is 210 g/mol. The van der Waals surface area contributed by atoms with E-state index in [1.807, 2.05) is 0 Å². The number of pyridine rings is 1. The molecule has 0 saturated carbocycles. The van der Waals surface area contributed by atoms with Crippen molar-refractivity contribution in [3.8, 4) is 0 Å². The fraction of sp³-hybridized carbons (Fsp3) is 0.500. The van der Waals surface area contributed by atoms with E-state index in [2.05, 4.69) is 10.3 Å². The Morgan fingerprint density at radius 1 is 1.44 bits per heavy atom. The fourth-order valence-corrected chi connectivity index (χ4v) is 1.32. The molecule has 6 heteroatoms. The van der Waals surface area contributed by atoms with Crippen molar-refractivity contribution in [2.24, 2.45) is 0 Å². The van der Waals surface area contributed by atoms with Gasteiger partial charge in [-0.25, -0.2) is 0 Å². The van der Waals surface area contributed by atoms with Crippen LogP contribution in [0.15, 0.2) is 18.5 Å². The second-order valence-corrected chi connectivity index (χ2v) is 3.36. The largest absolute Gasteiger partial charge is 0.396 e. The van der Waals surface area contributed by atoms with Gasteiger partial charge in [-0.1, -0.05) is 0 Å². The van der Waals surface area contributed by atoms with E-state index in [4.69, 9.17) is 5.11 Å². The Labute approximate surface area is 93.5 Å². The molecule has 16 heavy (non-hydrogen) atoms. The molecule has 0 atom stereocenters. The molecule has 1 aromatic rings. The monoisotopic (exact) mass is 225 g/mol. The summed E-state index contributed by atoms with van der Waals surface area (Å²) in [6.45, 7) is 0.847. The molecule has 0 aliphatic heterocycles. The maximum absolute atomic E-state index is 10.6. The number of nitrogens with zero attached hydrogens (tertiary/aromatic N) is 2. The molecule has 0 spiro atoms. The number of rotatable bonds is 7. The lowest BCUT2D eigenvalue weighted by molar-refractivity contribution is -0.384. The van der Waals surface area contributed by atoms with Crippen molar-refractivity contribution in [3.05, 3.63) is 28.6 Å². The summed E-state index contributed by atoms with van der Waals surface area (Å²) in [4.78, 5) is 13.9. The molecule has 1 aromatic heterocycles. The molecule has 2 N–H and O–H groups in total. The summed E-state index contributed by atoms with van der Waals surface area (Å²) in [5.74, 6) is 0. The second-order valence-electron chi connectivity index (χ2n) is 3.36. The lowest BCUT2D eigenvalue weighted by atomic mass is 10.2. The highest BCUT2D eigenvalue weighted by Crippen LogP contribution is 2.21. The van der Waals surface area contributed by atoms with Crippen molar-refractivity contribution in [1.29, 1.82) is 0 Å². The minimum absolute atomic E-state index is 0.00958. The van der Waals surface area contributed by atoms with Crippen LogP contribution in [0.3, 0.4) is 0 Å². The SMILES string of the molecule is O=[N+]([O-])c1cnccc1NCCCCCO. The first kappa shape index (κ1) is 12.4. The number of nitrogens with one attached hydrogen (secondary N) is 1. The maximum atomic E-state index is 10.6. The first-order chi connectivity index (χ1) is 7.75. The van der Waals surface area contributed by atoms with E-state index < -0.39 is 4.92 Å². The van der Waals surface area contributed by atoms with Crippen molar-refractivity contribution >= 4 is 11.4 Å². The highest BCUT2D eigenvalue weighted by molar-refractivity contribution is 5.59. The van der Waals surface area contributed by atoms with Gasteiger partial charge in [-0.2, -0.15) is 0 Å². The second kappa shape index (κ2) is 6.73. The Morgan fingerprint density at radius 2 is 2.25 bits per heavy atom. The minimum atomic E-state index is -0.455. The van der Waals surface area contributed by atoms with E-state index in [0.29, 0.717) is 12.2 Å². The van der Waals surface area contributed by atoms with Gasteiger partial charge < -0.3 is 10.4 Å². The number of hydrogen-bond acceptors (Lipinski definition) is 5. The van der Waals surface area contributed by atoms with E-state index in [-0.39, 0.29) is 12.3 Å². The van der Waals surface area contributed by atoms with E-state index in [0.717, 1.165) is 19.3 Å². The summed E-state index contributed by atoms with van der Waals surface area (Å²) in [5, 5.41) is 22.2. The average molecular weight is 225 g/mol. The zero-order chi connectivity index (χ0) is 11.8. The van der Waals surface area contributed by atoms with Crippen LogP contribution in [0.1, 0.15) is 19.3 Å². The van der Waals surface area contributed by atoms with Gasteiger partial charge in [-0.3, -0.25) is 15.1 Å². The van der Waals surface area contributed by atoms with Gasteiger partial charge in [-0.15, -0.1) is 0 Å². The highest BCUT2D eigenvalue weighted by atomic mass is 16.6. The van der Waals surface area contributed by atoms with E-state index in [9.17, 15) is 10.1 Å². The fourth-order valence-electron chi connectivity index (χ4n) is 1.32. The summed E-state index contributed by atoms with van der Waals surface area (Å²) in [5.41, 5.74) is 0.480. The number of anilines is 1. The molecule has 0 aliphatic rings. The smallest absolute Gasteiger partial charge is 0.310 e. The van der Waals surface area contributed by atoms with Crippen molar-refractivity contribution in [2.45, 2.75) is 19.3 Å². The first-order valence-electron chi connectivity index (χ1n) is 5.19. The van der Waals surface area contributed by atoms with Crippen LogP contribution in [-0.4, -0.2) is 28.2 Å². The third-order valence-electron chi connectivity index (χ3n) is 2.15. The van der Waals surface area contributed by atoms with Crippen LogP contribution in [0, 0.1) is 10.1 Å². The molecule has 0 aliphatic carbocycles.